The van der Waals surface area contributed by atoms with Gasteiger partial charge in [-0.1, -0.05) is 25.1 Å². The van der Waals surface area contributed by atoms with Gasteiger partial charge in [0.05, 0.1) is 36.0 Å². The van der Waals surface area contributed by atoms with Crippen LogP contribution in [0.1, 0.15) is 60.8 Å². The Morgan fingerprint density at radius 1 is 1.26 bits per heavy atom. The summed E-state index contributed by atoms with van der Waals surface area (Å²) in [5, 5.41) is 6.70. The molecule has 1 aromatic carbocycles. The molecule has 6 rings (SSSR count). The van der Waals surface area contributed by atoms with Crippen molar-refractivity contribution in [3.05, 3.63) is 63.1 Å². The molecule has 0 spiro atoms. The number of hydrogen-bond acceptors (Lipinski definition) is 5. The van der Waals surface area contributed by atoms with Gasteiger partial charge < -0.3 is 24.8 Å². The molecule has 1 amide bonds. The molecule has 0 radical (unpaired) electrons. The molecule has 3 heterocycles. The highest BCUT2D eigenvalue weighted by Gasteiger charge is 2.67. The first-order chi connectivity index (χ1) is 17.9. The van der Waals surface area contributed by atoms with Crippen molar-refractivity contribution >= 4 is 11.6 Å². The van der Waals surface area contributed by atoms with Crippen LogP contribution in [-0.4, -0.2) is 54.8 Å². The van der Waals surface area contributed by atoms with Crippen molar-refractivity contribution in [1.82, 2.24) is 14.8 Å². The number of amides is 1. The molecule has 2 aliphatic heterocycles. The number of likely N-dealkylation sites (tertiary alicyclic amines) is 1. The Kier molecular flexibility index (Phi) is 5.82. The Hall–Kier alpha value is -2.71. The fraction of sp³-hybridized carbons (Fsp3) is 0.600. The van der Waals surface area contributed by atoms with E-state index in [1.54, 1.807) is 36.7 Å². The SMILES string of the molecule is Cc1c([C@@H](C)NC(=O)c2cn([C@]34COCC3[C@H]4C)c(=O)cc2NC2C3CN(C)CC32)cccc1C(C)(C)F. The van der Waals surface area contributed by atoms with Crippen LogP contribution in [0.3, 0.4) is 0 Å². The van der Waals surface area contributed by atoms with Crippen LogP contribution in [0, 0.1) is 30.6 Å². The molecule has 0 bridgehead atoms. The molecule has 3 unspecified atom stereocenters. The summed E-state index contributed by atoms with van der Waals surface area (Å²) in [5.74, 6) is 1.46. The Morgan fingerprint density at radius 2 is 1.97 bits per heavy atom. The molecule has 2 saturated carbocycles. The van der Waals surface area contributed by atoms with Gasteiger partial charge in [0.25, 0.3) is 11.5 Å². The molecule has 7 nitrogen and oxygen atoms in total. The number of aromatic nitrogens is 1. The van der Waals surface area contributed by atoms with Crippen molar-refractivity contribution in [3.8, 4) is 0 Å². The lowest BCUT2D eigenvalue weighted by Gasteiger charge is -2.24. The number of pyridine rings is 1. The smallest absolute Gasteiger partial charge is 0.255 e. The van der Waals surface area contributed by atoms with Gasteiger partial charge >= 0.3 is 0 Å². The summed E-state index contributed by atoms with van der Waals surface area (Å²) in [4.78, 5) is 29.6. The van der Waals surface area contributed by atoms with E-state index in [1.165, 1.54) is 0 Å². The first-order valence-corrected chi connectivity index (χ1v) is 13.8. The lowest BCUT2D eigenvalue weighted by Crippen LogP contribution is -2.37. The van der Waals surface area contributed by atoms with E-state index in [0.717, 1.165) is 24.2 Å². The van der Waals surface area contributed by atoms with Gasteiger partial charge in [0.15, 0.2) is 0 Å². The summed E-state index contributed by atoms with van der Waals surface area (Å²) in [6.07, 6.45) is 1.75. The van der Waals surface area contributed by atoms with E-state index in [2.05, 4.69) is 29.5 Å². The first-order valence-electron chi connectivity index (χ1n) is 13.8. The van der Waals surface area contributed by atoms with Crippen molar-refractivity contribution < 1.29 is 13.9 Å². The highest BCUT2D eigenvalue weighted by atomic mass is 19.1. The standard InChI is InChI=1S/C30H39FN4O3/c1-16-19(8-7-9-23(16)29(4,5)31)18(3)32-28(37)22-13-35(30-15-38-14-24(30)17(30)2)26(36)10-25(22)33-27-20-11-34(6)12-21(20)27/h7-10,13,17-18,20-21,24,27,33H,11-12,14-15H2,1-6H3,(H,32,37)/t17-,18-,20?,21?,24?,27?,30+/m1/s1. The lowest BCUT2D eigenvalue weighted by atomic mass is 9.90. The number of hydrogen-bond donors (Lipinski definition) is 2. The molecule has 8 heteroatoms. The number of fused-ring (bicyclic) bond motifs is 2. The molecule has 1 aromatic heterocycles. The number of alkyl halides is 1. The third-order valence-corrected chi connectivity index (χ3v) is 9.83. The number of rotatable bonds is 7. The van der Waals surface area contributed by atoms with E-state index in [9.17, 15) is 14.0 Å². The van der Waals surface area contributed by atoms with E-state index in [1.807, 2.05) is 26.0 Å². The van der Waals surface area contributed by atoms with Crippen LogP contribution < -0.4 is 16.2 Å². The second-order valence-electron chi connectivity index (χ2n) is 12.6. The molecule has 204 valence electrons. The Labute approximate surface area is 223 Å². The van der Waals surface area contributed by atoms with Gasteiger partial charge in [0.2, 0.25) is 0 Å². The quantitative estimate of drug-likeness (QED) is 0.579. The van der Waals surface area contributed by atoms with Crippen LogP contribution >= 0.6 is 0 Å². The van der Waals surface area contributed by atoms with Crippen molar-refractivity contribution in [3.63, 3.8) is 0 Å². The molecule has 2 aliphatic carbocycles. The fourth-order valence-electron chi connectivity index (χ4n) is 7.46. The fourth-order valence-corrected chi connectivity index (χ4v) is 7.46. The zero-order valence-corrected chi connectivity index (χ0v) is 23.2. The van der Waals surface area contributed by atoms with Gasteiger partial charge in [-0.15, -0.1) is 0 Å². The Morgan fingerprint density at radius 3 is 2.61 bits per heavy atom. The van der Waals surface area contributed by atoms with Gasteiger partial charge in [-0.2, -0.15) is 0 Å². The number of piperidine rings is 1. The van der Waals surface area contributed by atoms with Crippen molar-refractivity contribution in [2.75, 3.05) is 38.7 Å². The maximum Gasteiger partial charge on any atom is 0.255 e. The van der Waals surface area contributed by atoms with Crippen LogP contribution in [0.25, 0.3) is 0 Å². The molecule has 4 fully saturated rings. The second kappa shape index (κ2) is 8.65. The monoisotopic (exact) mass is 522 g/mol. The van der Waals surface area contributed by atoms with Crippen LogP contribution in [-0.2, 0) is 15.9 Å². The summed E-state index contributed by atoms with van der Waals surface area (Å²) in [6, 6.07) is 7.10. The number of benzene rings is 1. The van der Waals surface area contributed by atoms with E-state index in [0.29, 0.717) is 53.7 Å². The predicted molar refractivity (Wildman–Crippen MR) is 145 cm³/mol. The predicted octanol–water partition coefficient (Wildman–Crippen LogP) is 3.82. The molecular formula is C30H39FN4O3. The maximum atomic E-state index is 14.8. The maximum absolute atomic E-state index is 14.8. The van der Waals surface area contributed by atoms with E-state index in [4.69, 9.17) is 4.74 Å². The van der Waals surface area contributed by atoms with E-state index >= 15 is 0 Å². The minimum Gasteiger partial charge on any atom is -0.381 e. The van der Waals surface area contributed by atoms with Crippen LogP contribution in [0.15, 0.2) is 35.3 Å². The van der Waals surface area contributed by atoms with Crippen LogP contribution in [0.5, 0.6) is 0 Å². The van der Waals surface area contributed by atoms with E-state index in [-0.39, 0.29) is 29.1 Å². The lowest BCUT2D eigenvalue weighted by molar-refractivity contribution is 0.0938. The van der Waals surface area contributed by atoms with Gasteiger partial charge in [0.1, 0.15) is 5.67 Å². The summed E-state index contributed by atoms with van der Waals surface area (Å²) < 4.78 is 22.3. The molecular weight excluding hydrogens is 483 g/mol. The molecule has 4 aliphatic rings. The number of anilines is 1. The minimum atomic E-state index is -1.48. The summed E-state index contributed by atoms with van der Waals surface area (Å²) in [5.41, 5.74) is 1.44. The van der Waals surface area contributed by atoms with Crippen molar-refractivity contribution in [2.45, 2.75) is 57.9 Å². The number of carbonyl (C=O) groups excluding carboxylic acids is 1. The van der Waals surface area contributed by atoms with Gasteiger partial charge in [-0.05, 0) is 69.2 Å². The van der Waals surface area contributed by atoms with Gasteiger partial charge in [-0.25, -0.2) is 4.39 Å². The second-order valence-corrected chi connectivity index (χ2v) is 12.6. The topological polar surface area (TPSA) is 75.6 Å². The summed E-state index contributed by atoms with van der Waals surface area (Å²) in [6.45, 7) is 12.3. The molecule has 2 N–H and O–H groups in total. The van der Waals surface area contributed by atoms with E-state index < -0.39 is 5.67 Å². The Balaban J connectivity index is 1.32. The largest absolute Gasteiger partial charge is 0.381 e. The summed E-state index contributed by atoms with van der Waals surface area (Å²) >= 11 is 0. The number of nitrogens with zero attached hydrogens (tertiary/aromatic N) is 2. The average molecular weight is 523 g/mol. The molecule has 2 saturated heterocycles. The third-order valence-electron chi connectivity index (χ3n) is 9.83. The number of nitrogens with one attached hydrogen (secondary N) is 2. The third kappa shape index (κ3) is 3.90. The van der Waals surface area contributed by atoms with Crippen LogP contribution in [0.4, 0.5) is 10.1 Å². The first kappa shape index (κ1) is 25.6. The Bertz CT molecular complexity index is 1340. The highest BCUT2D eigenvalue weighted by molar-refractivity contribution is 5.99. The van der Waals surface area contributed by atoms with Crippen molar-refractivity contribution in [2.24, 2.45) is 23.7 Å². The zero-order chi connectivity index (χ0) is 27.1. The molecule has 2 aromatic rings. The number of halogens is 1. The molecule has 38 heavy (non-hydrogen) atoms. The van der Waals surface area contributed by atoms with Gasteiger partial charge in [-0.3, -0.25) is 9.59 Å². The number of carbonyl (C=O) groups is 1. The van der Waals surface area contributed by atoms with Crippen LogP contribution in [0.2, 0.25) is 0 Å². The van der Waals surface area contributed by atoms with Crippen molar-refractivity contribution in [1.29, 1.82) is 0 Å². The zero-order valence-electron chi connectivity index (χ0n) is 23.2. The molecule has 6 atom stereocenters. The highest BCUT2D eigenvalue weighted by Crippen LogP contribution is 2.59. The normalized spacial score (nSPS) is 32.4. The summed E-state index contributed by atoms with van der Waals surface area (Å²) in [7, 11) is 2.13. The average Bonchev–Trinajstić information content (AvgIpc) is 3.42. The minimum absolute atomic E-state index is 0.103. The van der Waals surface area contributed by atoms with Gasteiger partial charge in [0, 0.05) is 37.3 Å². The number of ether oxygens (including phenoxy) is 1.